The van der Waals surface area contributed by atoms with E-state index < -0.39 is 0 Å². The minimum Gasteiger partial charge on any atom is -0.394 e. The fraction of sp³-hybridized carbons (Fsp3) is 0.333. The largest absolute Gasteiger partial charge is 0.394 e. The van der Waals surface area contributed by atoms with Crippen molar-refractivity contribution in [2.45, 2.75) is 13.0 Å². The van der Waals surface area contributed by atoms with E-state index in [0.29, 0.717) is 5.56 Å². The van der Waals surface area contributed by atoms with Gasteiger partial charge >= 0.3 is 0 Å². The maximum absolute atomic E-state index is 11.7. The number of rotatable bonds is 5. The van der Waals surface area contributed by atoms with Gasteiger partial charge < -0.3 is 15.7 Å². The van der Waals surface area contributed by atoms with Gasteiger partial charge in [-0.3, -0.25) is 9.59 Å². The van der Waals surface area contributed by atoms with Gasteiger partial charge in [0.2, 0.25) is 5.91 Å². The van der Waals surface area contributed by atoms with Crippen molar-refractivity contribution in [3.05, 3.63) is 34.3 Å². The second kappa shape index (κ2) is 7.13. The Morgan fingerprint density at radius 3 is 2.50 bits per heavy atom. The molecule has 3 N–H and O–H groups in total. The number of benzene rings is 1. The van der Waals surface area contributed by atoms with Crippen LogP contribution in [0.3, 0.4) is 0 Å². The molecule has 1 rings (SSSR count). The second-order valence-corrected chi connectivity index (χ2v) is 4.76. The van der Waals surface area contributed by atoms with Crippen LogP contribution in [0.1, 0.15) is 17.3 Å². The molecule has 0 bridgehead atoms. The van der Waals surface area contributed by atoms with E-state index in [0.717, 1.165) is 4.47 Å². The molecule has 0 spiro atoms. The Bertz CT molecular complexity index is 420. The van der Waals surface area contributed by atoms with Crippen LogP contribution in [0.2, 0.25) is 0 Å². The molecule has 0 aromatic heterocycles. The molecule has 1 atom stereocenters. The number of hydrogen-bond donors (Lipinski definition) is 3. The summed E-state index contributed by atoms with van der Waals surface area (Å²) in [6.07, 6.45) is 0. The molecule has 18 heavy (non-hydrogen) atoms. The highest BCUT2D eigenvalue weighted by molar-refractivity contribution is 9.10. The van der Waals surface area contributed by atoms with Crippen molar-refractivity contribution in [3.8, 4) is 0 Å². The molecule has 1 aromatic carbocycles. The first-order valence-corrected chi connectivity index (χ1v) is 6.26. The second-order valence-electron chi connectivity index (χ2n) is 3.84. The normalized spacial score (nSPS) is 11.7. The van der Waals surface area contributed by atoms with E-state index in [9.17, 15) is 9.59 Å². The van der Waals surface area contributed by atoms with Crippen LogP contribution < -0.4 is 10.6 Å². The van der Waals surface area contributed by atoms with Crippen LogP contribution >= 0.6 is 15.9 Å². The van der Waals surface area contributed by atoms with Gasteiger partial charge in [-0.25, -0.2) is 0 Å². The van der Waals surface area contributed by atoms with Crippen molar-refractivity contribution in [3.63, 3.8) is 0 Å². The van der Waals surface area contributed by atoms with Gasteiger partial charge in [-0.15, -0.1) is 0 Å². The lowest BCUT2D eigenvalue weighted by molar-refractivity contribution is -0.121. The lowest BCUT2D eigenvalue weighted by Crippen LogP contribution is -2.42. The predicted molar refractivity (Wildman–Crippen MR) is 71.2 cm³/mol. The molecule has 0 aliphatic heterocycles. The molecule has 98 valence electrons. The molecule has 0 aliphatic carbocycles. The minimum atomic E-state index is -0.331. The number of amides is 2. The average Bonchev–Trinajstić information content (AvgIpc) is 2.36. The first kappa shape index (κ1) is 14.7. The lowest BCUT2D eigenvalue weighted by atomic mass is 10.2. The highest BCUT2D eigenvalue weighted by Crippen LogP contribution is 2.10. The van der Waals surface area contributed by atoms with Gasteiger partial charge in [0.15, 0.2) is 0 Å². The van der Waals surface area contributed by atoms with Crippen molar-refractivity contribution in [1.82, 2.24) is 10.6 Å². The summed E-state index contributed by atoms with van der Waals surface area (Å²) in [5, 5.41) is 13.8. The molecular weight excluding hydrogens is 300 g/mol. The minimum absolute atomic E-state index is 0.112. The molecule has 2 amide bonds. The Hall–Kier alpha value is -1.40. The van der Waals surface area contributed by atoms with E-state index >= 15 is 0 Å². The zero-order valence-corrected chi connectivity index (χ0v) is 11.5. The summed E-state index contributed by atoms with van der Waals surface area (Å²) in [5.74, 6) is -0.642. The Morgan fingerprint density at radius 2 is 1.94 bits per heavy atom. The molecule has 0 saturated carbocycles. The third-order valence-electron chi connectivity index (χ3n) is 2.20. The van der Waals surface area contributed by atoms with Crippen LogP contribution in [-0.2, 0) is 4.79 Å². The Balaban J connectivity index is 2.41. The van der Waals surface area contributed by atoms with Crippen LogP contribution in [0.15, 0.2) is 28.7 Å². The Labute approximate surface area is 114 Å². The number of hydrogen-bond acceptors (Lipinski definition) is 3. The summed E-state index contributed by atoms with van der Waals surface area (Å²) in [4.78, 5) is 23.0. The first-order valence-electron chi connectivity index (χ1n) is 5.47. The fourth-order valence-corrected chi connectivity index (χ4v) is 1.50. The standard InChI is InChI=1S/C12H15BrN2O3/c1-8(7-16)15-11(17)6-14-12(18)9-2-4-10(13)5-3-9/h2-5,8,16H,6-7H2,1H3,(H,14,18)(H,15,17)/t8-/m1/s1. The molecule has 5 nitrogen and oxygen atoms in total. The van der Waals surface area contributed by atoms with Gasteiger partial charge in [0, 0.05) is 16.1 Å². The monoisotopic (exact) mass is 314 g/mol. The molecule has 1 aromatic rings. The van der Waals surface area contributed by atoms with E-state index in [1.807, 2.05) is 0 Å². The van der Waals surface area contributed by atoms with Crippen LogP contribution in [0, 0.1) is 0 Å². The van der Waals surface area contributed by atoms with Crippen molar-refractivity contribution >= 4 is 27.7 Å². The van der Waals surface area contributed by atoms with Crippen LogP contribution in [0.5, 0.6) is 0 Å². The van der Waals surface area contributed by atoms with Crippen molar-refractivity contribution in [2.75, 3.05) is 13.2 Å². The predicted octanol–water partition coefficient (Wildman–Crippen LogP) is 0.676. The quantitative estimate of drug-likeness (QED) is 0.747. The highest BCUT2D eigenvalue weighted by Gasteiger charge is 2.09. The van der Waals surface area contributed by atoms with E-state index in [1.165, 1.54) is 0 Å². The molecule has 0 fully saturated rings. The van der Waals surface area contributed by atoms with Gasteiger partial charge in [0.05, 0.1) is 13.2 Å². The fourth-order valence-electron chi connectivity index (χ4n) is 1.24. The number of aliphatic hydroxyl groups excluding tert-OH is 1. The summed E-state index contributed by atoms with van der Waals surface area (Å²) in [6.45, 7) is 1.43. The number of aliphatic hydroxyl groups is 1. The van der Waals surface area contributed by atoms with Gasteiger partial charge in [-0.05, 0) is 31.2 Å². The number of carbonyl (C=O) groups is 2. The van der Waals surface area contributed by atoms with Crippen LogP contribution in [-0.4, -0.2) is 36.1 Å². The lowest BCUT2D eigenvalue weighted by Gasteiger charge is -2.11. The molecule has 0 unspecified atom stereocenters. The third-order valence-corrected chi connectivity index (χ3v) is 2.73. The SMILES string of the molecule is C[C@H](CO)NC(=O)CNC(=O)c1ccc(Br)cc1. The van der Waals surface area contributed by atoms with Gasteiger partial charge in [-0.1, -0.05) is 15.9 Å². The summed E-state index contributed by atoms with van der Waals surface area (Å²) in [7, 11) is 0. The summed E-state index contributed by atoms with van der Waals surface area (Å²) in [6, 6.07) is 6.51. The van der Waals surface area contributed by atoms with Crippen LogP contribution in [0.4, 0.5) is 0 Å². The van der Waals surface area contributed by atoms with Gasteiger partial charge in [-0.2, -0.15) is 0 Å². The highest BCUT2D eigenvalue weighted by atomic mass is 79.9. The van der Waals surface area contributed by atoms with E-state index in [4.69, 9.17) is 5.11 Å². The number of carbonyl (C=O) groups excluding carboxylic acids is 2. The third kappa shape index (κ3) is 4.85. The zero-order chi connectivity index (χ0) is 13.5. The van der Waals surface area contributed by atoms with E-state index in [1.54, 1.807) is 31.2 Å². The molecule has 0 radical (unpaired) electrons. The number of nitrogens with one attached hydrogen (secondary N) is 2. The molecular formula is C12H15BrN2O3. The van der Waals surface area contributed by atoms with E-state index in [-0.39, 0.29) is 31.0 Å². The van der Waals surface area contributed by atoms with Gasteiger partial charge in [0.1, 0.15) is 0 Å². The average molecular weight is 315 g/mol. The first-order chi connectivity index (χ1) is 8.52. The Kier molecular flexibility index (Phi) is 5.80. The molecule has 0 aliphatic rings. The van der Waals surface area contributed by atoms with E-state index in [2.05, 4.69) is 26.6 Å². The van der Waals surface area contributed by atoms with Crippen molar-refractivity contribution in [2.24, 2.45) is 0 Å². The summed E-state index contributed by atoms with van der Waals surface area (Å²) < 4.78 is 0.883. The summed E-state index contributed by atoms with van der Waals surface area (Å²) >= 11 is 3.27. The molecule has 6 heteroatoms. The number of halogens is 1. The van der Waals surface area contributed by atoms with Crippen molar-refractivity contribution < 1.29 is 14.7 Å². The summed E-state index contributed by atoms with van der Waals surface area (Å²) in [5.41, 5.74) is 0.487. The molecule has 0 heterocycles. The Morgan fingerprint density at radius 1 is 1.33 bits per heavy atom. The van der Waals surface area contributed by atoms with Crippen LogP contribution in [0.25, 0.3) is 0 Å². The van der Waals surface area contributed by atoms with Gasteiger partial charge in [0.25, 0.3) is 5.91 Å². The smallest absolute Gasteiger partial charge is 0.251 e. The molecule has 0 saturated heterocycles. The zero-order valence-electron chi connectivity index (χ0n) is 9.94. The maximum atomic E-state index is 11.7. The maximum Gasteiger partial charge on any atom is 0.251 e. The topological polar surface area (TPSA) is 78.4 Å². The van der Waals surface area contributed by atoms with Crippen molar-refractivity contribution in [1.29, 1.82) is 0 Å².